The van der Waals surface area contributed by atoms with E-state index >= 15 is 0 Å². The molecule has 0 aliphatic heterocycles. The van der Waals surface area contributed by atoms with Crippen LogP contribution in [0.2, 0.25) is 5.82 Å². The quantitative estimate of drug-likeness (QED) is 0.741. The molecule has 2 aliphatic rings. The summed E-state index contributed by atoms with van der Waals surface area (Å²) >= 11 is 0. The highest BCUT2D eigenvalue weighted by atomic mass is 16.5. The first-order chi connectivity index (χ1) is 8.25. The van der Waals surface area contributed by atoms with Gasteiger partial charge in [-0.1, -0.05) is 19.3 Å². The maximum absolute atomic E-state index is 9.11. The lowest BCUT2D eigenvalue weighted by molar-refractivity contribution is 0.0000495. The highest BCUT2D eigenvalue weighted by molar-refractivity contribution is 6.43. The average Bonchev–Trinajstić information content (AvgIpc) is 2.38. The first-order valence-electron chi connectivity index (χ1n) is 7.23. The maximum Gasteiger partial charge on any atom is 0.454 e. The van der Waals surface area contributed by atoms with Gasteiger partial charge in [0.2, 0.25) is 0 Å². The molecule has 2 saturated carbocycles. The summed E-state index contributed by atoms with van der Waals surface area (Å²) < 4.78 is 5.99. The van der Waals surface area contributed by atoms with Gasteiger partial charge >= 0.3 is 7.12 Å². The van der Waals surface area contributed by atoms with Crippen LogP contribution in [0.25, 0.3) is 0 Å². The zero-order valence-corrected chi connectivity index (χ0v) is 10.7. The summed E-state index contributed by atoms with van der Waals surface area (Å²) in [6.45, 7) is 0.928. The predicted molar refractivity (Wildman–Crippen MR) is 68.7 cm³/mol. The Morgan fingerprint density at radius 1 is 0.882 bits per heavy atom. The van der Waals surface area contributed by atoms with Crippen LogP contribution in [0.4, 0.5) is 0 Å². The molecule has 0 unspecified atom stereocenters. The van der Waals surface area contributed by atoms with Crippen LogP contribution in [-0.4, -0.2) is 29.9 Å². The summed E-state index contributed by atoms with van der Waals surface area (Å²) in [5, 5.41) is 18.2. The third kappa shape index (κ3) is 4.27. The molecule has 0 aromatic carbocycles. The van der Waals surface area contributed by atoms with Crippen molar-refractivity contribution >= 4 is 7.12 Å². The minimum atomic E-state index is -1.13. The van der Waals surface area contributed by atoms with Crippen LogP contribution in [0.15, 0.2) is 0 Å². The van der Waals surface area contributed by atoms with Gasteiger partial charge < -0.3 is 14.8 Å². The fourth-order valence-electron chi connectivity index (χ4n) is 3.18. The Labute approximate surface area is 105 Å². The molecule has 0 amide bonds. The fourth-order valence-corrected chi connectivity index (χ4v) is 3.18. The van der Waals surface area contributed by atoms with Crippen molar-refractivity contribution < 1.29 is 14.8 Å². The van der Waals surface area contributed by atoms with Crippen LogP contribution in [-0.2, 0) is 4.74 Å². The largest absolute Gasteiger partial charge is 0.454 e. The molecule has 0 heterocycles. The van der Waals surface area contributed by atoms with Gasteiger partial charge in [-0.2, -0.15) is 0 Å². The lowest BCUT2D eigenvalue weighted by Gasteiger charge is -2.30. The van der Waals surface area contributed by atoms with Gasteiger partial charge in [0.1, 0.15) is 0 Å². The van der Waals surface area contributed by atoms with Crippen molar-refractivity contribution in [3.8, 4) is 0 Å². The number of rotatable bonds is 4. The Hall–Kier alpha value is -0.0551. The third-order valence-electron chi connectivity index (χ3n) is 4.43. The van der Waals surface area contributed by atoms with Gasteiger partial charge in [-0.3, -0.25) is 0 Å². The Balaban J connectivity index is 1.61. The first kappa shape index (κ1) is 13.4. The second-order valence-corrected chi connectivity index (χ2v) is 5.79. The topological polar surface area (TPSA) is 49.7 Å². The number of hydrogen-bond donors (Lipinski definition) is 2. The van der Waals surface area contributed by atoms with Crippen LogP contribution in [0.1, 0.15) is 57.8 Å². The molecular formula is C13H25BO3. The van der Waals surface area contributed by atoms with Gasteiger partial charge in [0.05, 0.1) is 6.10 Å². The monoisotopic (exact) mass is 240 g/mol. The summed E-state index contributed by atoms with van der Waals surface area (Å²) in [4.78, 5) is 0. The second kappa shape index (κ2) is 6.76. The second-order valence-electron chi connectivity index (χ2n) is 5.79. The molecule has 0 atom stereocenters. The first-order valence-corrected chi connectivity index (χ1v) is 7.23. The molecule has 0 saturated heterocycles. The van der Waals surface area contributed by atoms with Crippen molar-refractivity contribution in [3.05, 3.63) is 0 Å². The fraction of sp³-hybridized carbons (Fsp3) is 1.00. The van der Waals surface area contributed by atoms with Gasteiger partial charge in [0, 0.05) is 6.61 Å². The summed E-state index contributed by atoms with van der Waals surface area (Å²) in [5.74, 6) is 0.856. The van der Waals surface area contributed by atoms with E-state index in [0.29, 0.717) is 6.10 Å². The summed E-state index contributed by atoms with van der Waals surface area (Å²) in [6.07, 6.45) is 11.0. The molecule has 0 bridgehead atoms. The summed E-state index contributed by atoms with van der Waals surface area (Å²) in [7, 11) is -1.13. The molecule has 2 aliphatic carbocycles. The standard InChI is InChI=1S/C13H25BO3/c15-14(16)12-6-8-13(9-7-12)17-10-11-4-2-1-3-5-11/h11-13,15-16H,1-10H2. The van der Waals surface area contributed by atoms with Crippen molar-refractivity contribution in [2.45, 2.75) is 69.7 Å². The van der Waals surface area contributed by atoms with Crippen molar-refractivity contribution in [2.24, 2.45) is 5.92 Å². The Morgan fingerprint density at radius 3 is 2.12 bits per heavy atom. The van der Waals surface area contributed by atoms with Crippen molar-refractivity contribution in [3.63, 3.8) is 0 Å². The van der Waals surface area contributed by atoms with Crippen LogP contribution in [0.3, 0.4) is 0 Å². The smallest absolute Gasteiger partial charge is 0.427 e. The van der Waals surface area contributed by atoms with Crippen molar-refractivity contribution in [1.82, 2.24) is 0 Å². The third-order valence-corrected chi connectivity index (χ3v) is 4.43. The van der Waals surface area contributed by atoms with E-state index in [0.717, 1.165) is 38.2 Å². The molecule has 0 spiro atoms. The lowest BCUT2D eigenvalue weighted by atomic mass is 9.65. The van der Waals surface area contributed by atoms with Crippen LogP contribution in [0, 0.1) is 5.92 Å². The van der Waals surface area contributed by atoms with Crippen LogP contribution < -0.4 is 0 Å². The molecule has 2 fully saturated rings. The minimum absolute atomic E-state index is 0.0736. The maximum atomic E-state index is 9.11. The molecular weight excluding hydrogens is 215 g/mol. The molecule has 98 valence electrons. The van der Waals surface area contributed by atoms with E-state index in [1.165, 1.54) is 32.1 Å². The summed E-state index contributed by atoms with van der Waals surface area (Å²) in [5.41, 5.74) is 0. The average molecular weight is 240 g/mol. The predicted octanol–water partition coefficient (Wildman–Crippen LogP) is 2.37. The van der Waals surface area contributed by atoms with E-state index < -0.39 is 7.12 Å². The molecule has 0 radical (unpaired) electrons. The van der Waals surface area contributed by atoms with Gasteiger partial charge in [-0.05, 0) is 50.3 Å². The van der Waals surface area contributed by atoms with Gasteiger partial charge in [-0.15, -0.1) is 0 Å². The molecule has 0 aromatic rings. The highest BCUT2D eigenvalue weighted by Gasteiger charge is 2.29. The van der Waals surface area contributed by atoms with E-state index in [1.807, 2.05) is 0 Å². The number of hydrogen-bond acceptors (Lipinski definition) is 3. The highest BCUT2D eigenvalue weighted by Crippen LogP contribution is 2.32. The van der Waals surface area contributed by atoms with Gasteiger partial charge in [0.15, 0.2) is 0 Å². The number of ether oxygens (including phenoxy) is 1. The van der Waals surface area contributed by atoms with E-state index in [2.05, 4.69) is 0 Å². The molecule has 0 aromatic heterocycles. The normalized spacial score (nSPS) is 31.4. The van der Waals surface area contributed by atoms with Crippen molar-refractivity contribution in [2.75, 3.05) is 6.61 Å². The lowest BCUT2D eigenvalue weighted by Crippen LogP contribution is -2.29. The van der Waals surface area contributed by atoms with E-state index in [1.54, 1.807) is 0 Å². The molecule has 2 N–H and O–H groups in total. The Bertz CT molecular complexity index is 209. The van der Waals surface area contributed by atoms with E-state index in [-0.39, 0.29) is 5.82 Å². The molecule has 2 rings (SSSR count). The molecule has 17 heavy (non-hydrogen) atoms. The Kier molecular flexibility index (Phi) is 5.32. The van der Waals surface area contributed by atoms with Gasteiger partial charge in [-0.25, -0.2) is 0 Å². The van der Waals surface area contributed by atoms with E-state index in [4.69, 9.17) is 14.8 Å². The van der Waals surface area contributed by atoms with Gasteiger partial charge in [0.25, 0.3) is 0 Å². The Morgan fingerprint density at radius 2 is 1.53 bits per heavy atom. The zero-order valence-electron chi connectivity index (χ0n) is 10.7. The van der Waals surface area contributed by atoms with Crippen LogP contribution >= 0.6 is 0 Å². The molecule has 4 heteroatoms. The SMILES string of the molecule is OB(O)C1CCC(OCC2CCCCC2)CC1. The minimum Gasteiger partial charge on any atom is -0.427 e. The molecule has 3 nitrogen and oxygen atoms in total. The summed E-state index contributed by atoms with van der Waals surface area (Å²) in [6, 6.07) is 0. The van der Waals surface area contributed by atoms with Crippen LogP contribution in [0.5, 0.6) is 0 Å². The zero-order chi connectivity index (χ0) is 12.1. The van der Waals surface area contributed by atoms with E-state index in [9.17, 15) is 0 Å². The van der Waals surface area contributed by atoms with Crippen molar-refractivity contribution in [1.29, 1.82) is 0 Å².